The van der Waals surface area contributed by atoms with Crippen molar-refractivity contribution in [3.8, 4) is 5.75 Å². The fourth-order valence-corrected chi connectivity index (χ4v) is 2.33. The van der Waals surface area contributed by atoms with Crippen LogP contribution in [0.3, 0.4) is 0 Å². The maximum absolute atomic E-state index is 11.4. The Morgan fingerprint density at radius 1 is 1.21 bits per heavy atom. The smallest absolute Gasteiger partial charge is 0.336 e. The van der Waals surface area contributed by atoms with E-state index in [0.717, 1.165) is 10.9 Å². The predicted octanol–water partition coefficient (Wildman–Crippen LogP) is 2.65. The van der Waals surface area contributed by atoms with Crippen LogP contribution in [0.1, 0.15) is 11.3 Å². The van der Waals surface area contributed by atoms with Crippen LogP contribution >= 0.6 is 0 Å². The number of furan rings is 1. The molecule has 6 heteroatoms. The molecule has 0 unspecified atom stereocenters. The molecule has 126 valence electrons. The van der Waals surface area contributed by atoms with Gasteiger partial charge in [-0.1, -0.05) is 0 Å². The van der Waals surface area contributed by atoms with Crippen molar-refractivity contribution in [3.63, 3.8) is 0 Å². The van der Waals surface area contributed by atoms with Crippen molar-refractivity contribution < 1.29 is 23.4 Å². The second-order valence-electron chi connectivity index (χ2n) is 5.47. The van der Waals surface area contributed by atoms with E-state index >= 15 is 0 Å². The van der Waals surface area contributed by atoms with E-state index in [9.17, 15) is 9.90 Å². The van der Waals surface area contributed by atoms with E-state index in [1.165, 1.54) is 6.07 Å². The molecular formula is C18H18O6. The third-order valence-corrected chi connectivity index (χ3v) is 3.50. The van der Waals surface area contributed by atoms with Crippen LogP contribution in [0.2, 0.25) is 0 Å². The summed E-state index contributed by atoms with van der Waals surface area (Å²) in [5, 5.41) is 10.7. The first-order valence-corrected chi connectivity index (χ1v) is 7.57. The van der Waals surface area contributed by atoms with Gasteiger partial charge in [-0.25, -0.2) is 4.79 Å². The summed E-state index contributed by atoms with van der Waals surface area (Å²) in [4.78, 5) is 11.4. The lowest BCUT2D eigenvalue weighted by atomic mass is 10.1. The molecule has 0 amide bonds. The van der Waals surface area contributed by atoms with Gasteiger partial charge in [0.2, 0.25) is 0 Å². The number of aliphatic hydroxyl groups is 1. The van der Waals surface area contributed by atoms with E-state index in [4.69, 9.17) is 18.3 Å². The van der Waals surface area contributed by atoms with Crippen molar-refractivity contribution in [2.75, 3.05) is 13.2 Å². The molecule has 3 aromatic rings. The molecule has 0 saturated heterocycles. The van der Waals surface area contributed by atoms with E-state index in [2.05, 4.69) is 0 Å². The number of aliphatic hydroxyl groups excluding tert-OH is 1. The summed E-state index contributed by atoms with van der Waals surface area (Å²) in [5.74, 6) is 1.21. The molecule has 0 radical (unpaired) electrons. The first-order chi connectivity index (χ1) is 11.6. The number of fused-ring (bicyclic) bond motifs is 1. The fourth-order valence-electron chi connectivity index (χ4n) is 2.33. The lowest BCUT2D eigenvalue weighted by Gasteiger charge is -2.13. The Hall–Kier alpha value is -2.57. The molecule has 0 saturated carbocycles. The van der Waals surface area contributed by atoms with Gasteiger partial charge in [-0.15, -0.1) is 0 Å². The third-order valence-electron chi connectivity index (χ3n) is 3.50. The van der Waals surface area contributed by atoms with Crippen molar-refractivity contribution in [2.24, 2.45) is 0 Å². The molecule has 0 fully saturated rings. The number of ether oxygens (including phenoxy) is 2. The highest BCUT2D eigenvalue weighted by Crippen LogP contribution is 2.22. The summed E-state index contributed by atoms with van der Waals surface area (Å²) >= 11 is 0. The lowest BCUT2D eigenvalue weighted by molar-refractivity contribution is 0.000888. The standard InChI is InChI=1S/C18H18O6/c1-12-7-18(20)24-17-8-14(4-5-16(12)17)23-10-13(19)9-21-11-15-3-2-6-22-15/h2-8,13,19H,9-11H2,1H3/t13-/m0/s1. The summed E-state index contributed by atoms with van der Waals surface area (Å²) in [5.41, 5.74) is 0.906. The minimum Gasteiger partial charge on any atom is -0.491 e. The molecule has 1 atom stereocenters. The predicted molar refractivity (Wildman–Crippen MR) is 87.1 cm³/mol. The number of benzene rings is 1. The zero-order valence-electron chi connectivity index (χ0n) is 13.2. The van der Waals surface area contributed by atoms with Gasteiger partial charge in [-0.3, -0.25) is 0 Å². The average molecular weight is 330 g/mol. The maximum atomic E-state index is 11.4. The molecule has 6 nitrogen and oxygen atoms in total. The Labute approximate surface area is 138 Å². The Morgan fingerprint density at radius 3 is 2.88 bits per heavy atom. The maximum Gasteiger partial charge on any atom is 0.336 e. The van der Waals surface area contributed by atoms with E-state index in [-0.39, 0.29) is 13.2 Å². The fraction of sp³-hybridized carbons (Fsp3) is 0.278. The van der Waals surface area contributed by atoms with Crippen molar-refractivity contribution in [1.29, 1.82) is 0 Å². The lowest BCUT2D eigenvalue weighted by Crippen LogP contribution is -2.23. The normalized spacial score (nSPS) is 12.4. The van der Waals surface area contributed by atoms with Gasteiger partial charge in [0.05, 0.1) is 12.9 Å². The monoisotopic (exact) mass is 330 g/mol. The molecular weight excluding hydrogens is 312 g/mol. The largest absolute Gasteiger partial charge is 0.491 e. The van der Waals surface area contributed by atoms with E-state index in [1.807, 2.05) is 13.0 Å². The second kappa shape index (κ2) is 7.33. The molecule has 24 heavy (non-hydrogen) atoms. The van der Waals surface area contributed by atoms with E-state index in [1.54, 1.807) is 30.5 Å². The van der Waals surface area contributed by atoms with Gasteiger partial charge in [0.25, 0.3) is 0 Å². The summed E-state index contributed by atoms with van der Waals surface area (Å²) in [6.45, 7) is 2.34. The van der Waals surface area contributed by atoms with Crippen LogP contribution in [0.5, 0.6) is 5.75 Å². The van der Waals surface area contributed by atoms with Gasteiger partial charge in [0.15, 0.2) is 0 Å². The number of rotatable bonds is 7. The Kier molecular flexibility index (Phi) is 4.98. The summed E-state index contributed by atoms with van der Waals surface area (Å²) < 4.78 is 21.2. The van der Waals surface area contributed by atoms with Crippen LogP contribution in [0.15, 0.2) is 56.3 Å². The van der Waals surface area contributed by atoms with Gasteiger partial charge in [-0.05, 0) is 36.8 Å². The van der Waals surface area contributed by atoms with Gasteiger partial charge >= 0.3 is 5.63 Å². The van der Waals surface area contributed by atoms with Gasteiger partial charge < -0.3 is 23.4 Å². The average Bonchev–Trinajstić information content (AvgIpc) is 3.05. The Bertz CT molecular complexity index is 850. The summed E-state index contributed by atoms with van der Waals surface area (Å²) in [7, 11) is 0. The molecule has 1 aromatic carbocycles. The molecule has 2 heterocycles. The molecule has 0 aliphatic carbocycles. The van der Waals surface area contributed by atoms with Crippen molar-refractivity contribution >= 4 is 11.0 Å². The van der Waals surface area contributed by atoms with Gasteiger partial charge in [0.1, 0.15) is 36.4 Å². The van der Waals surface area contributed by atoms with Crippen molar-refractivity contribution in [1.82, 2.24) is 0 Å². The number of hydrogen-bond acceptors (Lipinski definition) is 6. The highest BCUT2D eigenvalue weighted by molar-refractivity contribution is 5.81. The molecule has 1 N–H and O–H groups in total. The highest BCUT2D eigenvalue weighted by atomic mass is 16.5. The Balaban J connectivity index is 1.54. The Morgan fingerprint density at radius 2 is 2.08 bits per heavy atom. The summed E-state index contributed by atoms with van der Waals surface area (Å²) in [6, 6.07) is 10.3. The minimum absolute atomic E-state index is 0.0692. The SMILES string of the molecule is Cc1cc(=O)oc2cc(OC[C@@H](O)COCc3ccco3)ccc12. The topological polar surface area (TPSA) is 82.0 Å². The first kappa shape index (κ1) is 16.3. The molecule has 3 rings (SSSR count). The number of aryl methyl sites for hydroxylation is 1. The van der Waals surface area contributed by atoms with Crippen LogP contribution in [0.25, 0.3) is 11.0 Å². The van der Waals surface area contributed by atoms with Crippen molar-refractivity contribution in [2.45, 2.75) is 19.6 Å². The molecule has 0 bridgehead atoms. The summed E-state index contributed by atoms with van der Waals surface area (Å²) in [6.07, 6.45) is 0.790. The second-order valence-corrected chi connectivity index (χ2v) is 5.47. The quantitative estimate of drug-likeness (QED) is 0.671. The van der Waals surface area contributed by atoms with Gasteiger partial charge in [-0.2, -0.15) is 0 Å². The minimum atomic E-state index is -0.778. The first-order valence-electron chi connectivity index (χ1n) is 7.57. The van der Waals surface area contributed by atoms with E-state index in [0.29, 0.717) is 23.7 Å². The van der Waals surface area contributed by atoms with Crippen LogP contribution in [-0.2, 0) is 11.3 Å². The molecule has 0 aliphatic heterocycles. The molecule has 0 aliphatic rings. The van der Waals surface area contributed by atoms with Crippen LogP contribution in [-0.4, -0.2) is 24.4 Å². The van der Waals surface area contributed by atoms with Gasteiger partial charge in [0, 0.05) is 17.5 Å². The zero-order chi connectivity index (χ0) is 16.9. The highest BCUT2D eigenvalue weighted by Gasteiger charge is 2.08. The molecule has 2 aromatic heterocycles. The third kappa shape index (κ3) is 4.04. The zero-order valence-corrected chi connectivity index (χ0v) is 13.2. The van der Waals surface area contributed by atoms with E-state index < -0.39 is 11.7 Å². The number of hydrogen-bond donors (Lipinski definition) is 1. The van der Waals surface area contributed by atoms with Crippen LogP contribution in [0, 0.1) is 6.92 Å². The van der Waals surface area contributed by atoms with Crippen LogP contribution in [0.4, 0.5) is 0 Å². The van der Waals surface area contributed by atoms with Crippen LogP contribution < -0.4 is 10.4 Å². The molecule has 0 spiro atoms. The van der Waals surface area contributed by atoms with Crippen molar-refractivity contribution in [3.05, 3.63) is 64.4 Å².